The third-order valence-electron chi connectivity index (χ3n) is 5.75. The molecule has 0 radical (unpaired) electrons. The van der Waals surface area contributed by atoms with E-state index in [0.717, 1.165) is 18.9 Å². The molecule has 2 N–H and O–H groups in total. The summed E-state index contributed by atoms with van der Waals surface area (Å²) in [5.41, 5.74) is -0.754. The van der Waals surface area contributed by atoms with Crippen LogP contribution in [0.5, 0.6) is 5.75 Å². The zero-order valence-electron chi connectivity index (χ0n) is 16.4. The van der Waals surface area contributed by atoms with Crippen molar-refractivity contribution in [3.63, 3.8) is 0 Å². The molecule has 2 aliphatic rings. The largest absolute Gasteiger partial charge is 0.491 e. The summed E-state index contributed by atoms with van der Waals surface area (Å²) in [5.74, 6) is 0.517. The van der Waals surface area contributed by atoms with Gasteiger partial charge in [-0.2, -0.15) is 13.2 Å². The number of aliphatic imine (C=N–C) groups is 1. The van der Waals surface area contributed by atoms with Gasteiger partial charge in [0, 0.05) is 25.2 Å². The molecule has 1 aromatic rings. The van der Waals surface area contributed by atoms with Gasteiger partial charge in [0.05, 0.1) is 12.1 Å². The second-order valence-corrected chi connectivity index (χ2v) is 7.56. The predicted molar refractivity (Wildman–Crippen MR) is 104 cm³/mol. The number of benzene rings is 1. The fourth-order valence-corrected chi connectivity index (χ4v) is 4.28. The molecule has 0 amide bonds. The molecule has 1 aromatic carbocycles. The molecule has 2 aliphatic heterocycles. The highest BCUT2D eigenvalue weighted by Gasteiger charge is 2.36. The first-order valence-electron chi connectivity index (χ1n) is 9.86. The zero-order valence-corrected chi connectivity index (χ0v) is 16.4. The average molecular weight is 398 g/mol. The third kappa shape index (κ3) is 5.10. The molecule has 2 heterocycles. The van der Waals surface area contributed by atoms with Crippen molar-refractivity contribution in [1.29, 1.82) is 0 Å². The first-order valence-corrected chi connectivity index (χ1v) is 9.86. The Hall–Kier alpha value is -1.96. The van der Waals surface area contributed by atoms with Crippen LogP contribution in [0.4, 0.5) is 13.2 Å². The Bertz CT molecular complexity index is 666. The molecule has 2 bridgehead atoms. The minimum Gasteiger partial charge on any atom is -0.491 e. The highest BCUT2D eigenvalue weighted by atomic mass is 19.4. The molecule has 0 spiro atoms. The summed E-state index contributed by atoms with van der Waals surface area (Å²) >= 11 is 0. The van der Waals surface area contributed by atoms with Crippen molar-refractivity contribution in [2.24, 2.45) is 4.99 Å². The molecule has 2 saturated heterocycles. The number of piperidine rings is 2. The zero-order chi connectivity index (χ0) is 20.1. The number of hydrogen-bond donors (Lipinski definition) is 2. The van der Waals surface area contributed by atoms with E-state index in [1.54, 1.807) is 7.05 Å². The highest BCUT2D eigenvalue weighted by Crippen LogP contribution is 2.36. The first kappa shape index (κ1) is 20.8. The summed E-state index contributed by atoms with van der Waals surface area (Å²) in [7, 11) is 3.92. The summed E-state index contributed by atoms with van der Waals surface area (Å²) in [6, 6.07) is 6.86. The number of guanidine groups is 1. The monoisotopic (exact) mass is 398 g/mol. The number of ether oxygens (including phenoxy) is 1. The maximum Gasteiger partial charge on any atom is 0.419 e. The quantitative estimate of drug-likeness (QED) is 0.454. The minimum absolute atomic E-state index is 0.118. The van der Waals surface area contributed by atoms with Crippen LogP contribution >= 0.6 is 0 Å². The van der Waals surface area contributed by atoms with Crippen molar-refractivity contribution in [3.05, 3.63) is 29.8 Å². The van der Waals surface area contributed by atoms with Crippen molar-refractivity contribution in [1.82, 2.24) is 15.5 Å². The van der Waals surface area contributed by atoms with E-state index < -0.39 is 11.7 Å². The van der Waals surface area contributed by atoms with E-state index in [-0.39, 0.29) is 12.4 Å². The van der Waals surface area contributed by atoms with E-state index in [4.69, 9.17) is 4.74 Å². The van der Waals surface area contributed by atoms with E-state index in [0.29, 0.717) is 30.6 Å². The molecule has 0 aliphatic carbocycles. The average Bonchev–Trinajstić information content (AvgIpc) is 2.64. The summed E-state index contributed by atoms with van der Waals surface area (Å²) in [6.07, 6.45) is 1.53. The van der Waals surface area contributed by atoms with Gasteiger partial charge in [0.2, 0.25) is 0 Å². The van der Waals surface area contributed by atoms with Crippen LogP contribution < -0.4 is 15.4 Å². The molecular weight excluding hydrogens is 369 g/mol. The van der Waals surface area contributed by atoms with Gasteiger partial charge in [-0.25, -0.2) is 0 Å². The Morgan fingerprint density at radius 2 is 1.89 bits per heavy atom. The highest BCUT2D eigenvalue weighted by molar-refractivity contribution is 5.79. The lowest BCUT2D eigenvalue weighted by Gasteiger charge is -2.47. The fraction of sp³-hybridized carbons (Fsp3) is 0.650. The van der Waals surface area contributed by atoms with Gasteiger partial charge in [0.25, 0.3) is 0 Å². The number of nitrogens with one attached hydrogen (secondary N) is 2. The van der Waals surface area contributed by atoms with Crippen molar-refractivity contribution >= 4 is 5.96 Å². The van der Waals surface area contributed by atoms with Crippen LogP contribution in [0.3, 0.4) is 0 Å². The number of rotatable bonds is 5. The lowest BCUT2D eigenvalue weighted by molar-refractivity contribution is -0.138. The SMILES string of the molecule is CN=C(NCCOc1ccccc1C(F)(F)F)NC1CC2CCCC(C1)N2C. The Labute approximate surface area is 164 Å². The van der Waals surface area contributed by atoms with Crippen LogP contribution in [0.15, 0.2) is 29.3 Å². The van der Waals surface area contributed by atoms with E-state index in [1.165, 1.54) is 37.5 Å². The van der Waals surface area contributed by atoms with Crippen LogP contribution in [0, 0.1) is 0 Å². The fourth-order valence-electron chi connectivity index (χ4n) is 4.28. The Kier molecular flexibility index (Phi) is 6.69. The van der Waals surface area contributed by atoms with Crippen LogP contribution in [-0.2, 0) is 6.18 Å². The van der Waals surface area contributed by atoms with Crippen molar-refractivity contribution < 1.29 is 17.9 Å². The number of alkyl halides is 3. The number of fused-ring (bicyclic) bond motifs is 2. The Morgan fingerprint density at radius 1 is 1.21 bits per heavy atom. The van der Waals surface area contributed by atoms with Crippen LogP contribution in [0.1, 0.15) is 37.7 Å². The number of para-hydroxylation sites is 1. The van der Waals surface area contributed by atoms with E-state index >= 15 is 0 Å². The van der Waals surface area contributed by atoms with Crippen molar-refractivity contribution in [3.8, 4) is 5.75 Å². The summed E-state index contributed by atoms with van der Waals surface area (Å²) in [5, 5.41) is 6.61. The third-order valence-corrected chi connectivity index (χ3v) is 5.75. The number of nitrogens with zero attached hydrogens (tertiary/aromatic N) is 2. The molecule has 2 fully saturated rings. The van der Waals surface area contributed by atoms with Crippen molar-refractivity contribution in [2.45, 2.75) is 56.4 Å². The van der Waals surface area contributed by atoms with Gasteiger partial charge < -0.3 is 20.3 Å². The number of halogens is 3. The van der Waals surface area contributed by atoms with Gasteiger partial charge in [0.15, 0.2) is 5.96 Å². The van der Waals surface area contributed by atoms with Crippen molar-refractivity contribution in [2.75, 3.05) is 27.2 Å². The van der Waals surface area contributed by atoms with Crippen LogP contribution in [-0.4, -0.2) is 56.2 Å². The standard InChI is InChI=1S/C20H29F3N4O/c1-24-19(26-14-12-15-6-5-7-16(13-14)27(15)2)25-10-11-28-18-9-4-3-8-17(18)20(21,22)23/h3-4,8-9,14-16H,5-7,10-13H2,1-2H3,(H2,24,25,26). The van der Waals surface area contributed by atoms with Gasteiger partial charge in [0.1, 0.15) is 12.4 Å². The predicted octanol–water partition coefficient (Wildman–Crippen LogP) is 3.26. The van der Waals surface area contributed by atoms with Gasteiger partial charge in [-0.15, -0.1) is 0 Å². The van der Waals surface area contributed by atoms with Gasteiger partial charge >= 0.3 is 6.18 Å². The van der Waals surface area contributed by atoms with E-state index in [2.05, 4.69) is 27.6 Å². The Morgan fingerprint density at radius 3 is 2.54 bits per heavy atom. The summed E-state index contributed by atoms with van der Waals surface area (Å²) in [4.78, 5) is 6.75. The molecule has 8 heteroatoms. The summed E-state index contributed by atoms with van der Waals surface area (Å²) < 4.78 is 44.3. The maximum atomic E-state index is 13.0. The molecule has 156 valence electrons. The molecule has 0 saturated carbocycles. The lowest BCUT2D eigenvalue weighted by Crippen LogP contribution is -2.56. The summed E-state index contributed by atoms with van der Waals surface area (Å²) in [6.45, 7) is 0.484. The molecular formula is C20H29F3N4O. The van der Waals surface area contributed by atoms with Gasteiger partial charge in [-0.1, -0.05) is 18.6 Å². The lowest BCUT2D eigenvalue weighted by atomic mass is 9.82. The molecule has 3 rings (SSSR count). The van der Waals surface area contributed by atoms with E-state index in [1.807, 2.05) is 0 Å². The van der Waals surface area contributed by atoms with Crippen LogP contribution in [0.2, 0.25) is 0 Å². The second-order valence-electron chi connectivity index (χ2n) is 7.56. The topological polar surface area (TPSA) is 48.9 Å². The van der Waals surface area contributed by atoms with Crippen LogP contribution in [0.25, 0.3) is 0 Å². The normalized spacial score (nSPS) is 26.0. The molecule has 0 aromatic heterocycles. The smallest absolute Gasteiger partial charge is 0.419 e. The van der Waals surface area contributed by atoms with Gasteiger partial charge in [-0.3, -0.25) is 4.99 Å². The first-order chi connectivity index (χ1) is 13.4. The van der Waals surface area contributed by atoms with Gasteiger partial charge in [-0.05, 0) is 44.9 Å². The number of hydrogen-bond acceptors (Lipinski definition) is 3. The van der Waals surface area contributed by atoms with E-state index in [9.17, 15) is 13.2 Å². The molecule has 28 heavy (non-hydrogen) atoms. The molecule has 5 nitrogen and oxygen atoms in total. The molecule has 2 unspecified atom stereocenters. The second kappa shape index (κ2) is 9.03. The molecule has 2 atom stereocenters. The Balaban J connectivity index is 1.46. The maximum absolute atomic E-state index is 13.0. The minimum atomic E-state index is -4.42.